The number of allylic oxidation sites excluding steroid dienone is 1. The van der Waals surface area contributed by atoms with Crippen LogP contribution >= 0.6 is 11.3 Å². The number of fused-ring (bicyclic) bond motifs is 2. The van der Waals surface area contributed by atoms with Gasteiger partial charge in [-0.15, -0.1) is 11.3 Å². The van der Waals surface area contributed by atoms with E-state index in [0.29, 0.717) is 30.2 Å². The second-order valence-corrected chi connectivity index (χ2v) is 11.6. The van der Waals surface area contributed by atoms with Gasteiger partial charge in [0.25, 0.3) is 0 Å². The van der Waals surface area contributed by atoms with Crippen LogP contribution in [-0.2, 0) is 16.0 Å². The third kappa shape index (κ3) is 6.66. The molecule has 3 aromatic rings. The molecule has 0 spiro atoms. The lowest BCUT2D eigenvalue weighted by Crippen LogP contribution is -2.41. The maximum Gasteiger partial charge on any atom is 0.314 e. The SMILES string of the molecule is CCN(CC(C)C)C(=O)C(=O)Nc1cnc(C)c2cn[nH]c12.CN1CCC(c2nc3c(s2)CCC=C3)CC1. The number of piperidine rings is 1. The number of rotatable bonds is 5. The van der Waals surface area contributed by atoms with Crippen molar-refractivity contribution in [3.8, 4) is 0 Å². The van der Waals surface area contributed by atoms with Crippen LogP contribution in [0.1, 0.15) is 67.2 Å². The molecule has 2 amide bonds. The fourth-order valence-corrected chi connectivity index (χ4v) is 6.04. The van der Waals surface area contributed by atoms with Crippen molar-refractivity contribution in [1.82, 2.24) is 30.0 Å². The van der Waals surface area contributed by atoms with Crippen LogP contribution in [0.25, 0.3) is 17.0 Å². The Morgan fingerprint density at radius 1 is 1.26 bits per heavy atom. The molecule has 10 heteroatoms. The summed E-state index contributed by atoms with van der Waals surface area (Å²) >= 11 is 1.96. The van der Waals surface area contributed by atoms with Crippen LogP contribution in [0.3, 0.4) is 0 Å². The Hall–Kier alpha value is -3.11. The number of amides is 2. The number of carbonyl (C=O) groups excluding carboxylic acids is 2. The number of nitrogens with zero attached hydrogens (tertiary/aromatic N) is 5. The zero-order valence-electron chi connectivity index (χ0n) is 23.1. The quantitative estimate of drug-likeness (QED) is 0.460. The van der Waals surface area contributed by atoms with Crippen LogP contribution in [0.5, 0.6) is 0 Å². The van der Waals surface area contributed by atoms with Crippen LogP contribution < -0.4 is 5.32 Å². The van der Waals surface area contributed by atoms with Gasteiger partial charge in [-0.1, -0.05) is 19.9 Å². The number of likely N-dealkylation sites (tertiary alicyclic amines) is 1. The van der Waals surface area contributed by atoms with Crippen LogP contribution in [-0.4, -0.2) is 75.0 Å². The maximum atomic E-state index is 12.2. The van der Waals surface area contributed by atoms with Crippen molar-refractivity contribution < 1.29 is 9.59 Å². The smallest absolute Gasteiger partial charge is 0.314 e. The first kappa shape index (κ1) is 27.9. The van der Waals surface area contributed by atoms with Gasteiger partial charge in [0, 0.05) is 35.0 Å². The molecule has 2 N–H and O–H groups in total. The van der Waals surface area contributed by atoms with E-state index in [0.717, 1.165) is 17.0 Å². The minimum atomic E-state index is -0.663. The Morgan fingerprint density at radius 3 is 2.71 bits per heavy atom. The number of carbonyl (C=O) groups is 2. The molecule has 0 bridgehead atoms. The molecule has 0 radical (unpaired) electrons. The molecule has 204 valence electrons. The van der Waals surface area contributed by atoms with E-state index in [1.807, 2.05) is 39.0 Å². The third-order valence-corrected chi connectivity index (χ3v) is 8.30. The number of aromatic amines is 1. The second-order valence-electron chi connectivity index (χ2n) is 10.5. The molecular formula is C28H39N7O2S. The first-order valence-corrected chi connectivity index (χ1v) is 14.3. The van der Waals surface area contributed by atoms with Crippen molar-refractivity contribution in [3.05, 3.63) is 39.7 Å². The van der Waals surface area contributed by atoms with E-state index < -0.39 is 11.8 Å². The summed E-state index contributed by atoms with van der Waals surface area (Å²) in [5.41, 5.74) is 3.19. The molecule has 9 nitrogen and oxygen atoms in total. The first-order chi connectivity index (χ1) is 18.3. The molecule has 3 aromatic heterocycles. The summed E-state index contributed by atoms with van der Waals surface area (Å²) in [6.07, 6.45) is 12.6. The number of pyridine rings is 1. The lowest BCUT2D eigenvalue weighted by Gasteiger charge is -2.27. The van der Waals surface area contributed by atoms with Crippen molar-refractivity contribution in [1.29, 1.82) is 0 Å². The van der Waals surface area contributed by atoms with E-state index in [4.69, 9.17) is 4.98 Å². The number of aromatic nitrogens is 4. The van der Waals surface area contributed by atoms with Crippen molar-refractivity contribution in [2.45, 2.75) is 59.3 Å². The van der Waals surface area contributed by atoms with Crippen LogP contribution in [0.4, 0.5) is 5.69 Å². The van der Waals surface area contributed by atoms with Gasteiger partial charge in [-0.2, -0.15) is 5.10 Å². The van der Waals surface area contributed by atoms with Crippen molar-refractivity contribution in [2.24, 2.45) is 5.92 Å². The highest BCUT2D eigenvalue weighted by Crippen LogP contribution is 2.34. The minimum absolute atomic E-state index is 0.303. The molecular weight excluding hydrogens is 498 g/mol. The van der Waals surface area contributed by atoms with Crippen molar-refractivity contribution in [3.63, 3.8) is 0 Å². The largest absolute Gasteiger partial charge is 0.334 e. The minimum Gasteiger partial charge on any atom is -0.334 e. The average molecular weight is 538 g/mol. The molecule has 38 heavy (non-hydrogen) atoms. The van der Waals surface area contributed by atoms with Crippen LogP contribution in [0, 0.1) is 12.8 Å². The van der Waals surface area contributed by atoms with E-state index >= 15 is 0 Å². The summed E-state index contributed by atoms with van der Waals surface area (Å²) in [4.78, 5) is 38.9. The first-order valence-electron chi connectivity index (χ1n) is 13.5. The maximum absolute atomic E-state index is 12.2. The zero-order chi connectivity index (χ0) is 27.2. The van der Waals surface area contributed by atoms with Crippen LogP contribution in [0.2, 0.25) is 0 Å². The van der Waals surface area contributed by atoms with E-state index in [9.17, 15) is 9.59 Å². The number of anilines is 1. The molecule has 5 rings (SSSR count). The molecule has 1 saturated heterocycles. The van der Waals surface area contributed by atoms with Gasteiger partial charge in [0.1, 0.15) is 0 Å². The number of aryl methyl sites for hydroxylation is 2. The highest BCUT2D eigenvalue weighted by Gasteiger charge is 2.24. The number of H-pyrrole nitrogens is 1. The molecule has 1 aliphatic heterocycles. The van der Waals surface area contributed by atoms with Crippen molar-refractivity contribution >= 4 is 45.8 Å². The lowest BCUT2D eigenvalue weighted by molar-refractivity contribution is -0.143. The number of hydrogen-bond donors (Lipinski definition) is 2. The molecule has 4 heterocycles. The number of nitrogens with one attached hydrogen (secondary N) is 2. The topological polar surface area (TPSA) is 107 Å². The average Bonchev–Trinajstić information content (AvgIpc) is 3.57. The number of thiazole rings is 1. The number of hydrogen-bond acceptors (Lipinski definition) is 7. The highest BCUT2D eigenvalue weighted by atomic mass is 32.1. The molecule has 0 atom stereocenters. The molecule has 2 aliphatic rings. The molecule has 0 unspecified atom stereocenters. The van der Waals surface area contributed by atoms with E-state index in [2.05, 4.69) is 44.6 Å². The van der Waals surface area contributed by atoms with E-state index in [-0.39, 0.29) is 0 Å². The summed E-state index contributed by atoms with van der Waals surface area (Å²) in [6, 6.07) is 0. The monoisotopic (exact) mass is 537 g/mol. The normalized spacial score (nSPS) is 15.7. The van der Waals surface area contributed by atoms with Crippen LogP contribution in [0.15, 0.2) is 18.5 Å². The summed E-state index contributed by atoms with van der Waals surface area (Å²) in [6.45, 7) is 11.2. The Morgan fingerprint density at radius 2 is 2.03 bits per heavy atom. The van der Waals surface area contributed by atoms with Gasteiger partial charge >= 0.3 is 11.8 Å². The molecule has 1 aliphatic carbocycles. The van der Waals surface area contributed by atoms with Gasteiger partial charge in [0.2, 0.25) is 0 Å². The molecule has 0 aromatic carbocycles. The summed E-state index contributed by atoms with van der Waals surface area (Å²) in [7, 11) is 2.21. The van der Waals surface area contributed by atoms with Gasteiger partial charge in [0.05, 0.1) is 34.3 Å². The summed E-state index contributed by atoms with van der Waals surface area (Å²) in [5.74, 6) is -0.175. The number of likely N-dealkylation sites (N-methyl/N-ethyl adjacent to an activating group) is 1. The standard InChI is InChI=1S/C15H21N5O2.C13H18N2S/c1-5-20(8-9(2)3)15(22)14(21)18-12-7-16-10(4)11-6-17-19-13(11)12;1-15-8-6-10(7-9-15)13-14-11-4-2-3-5-12(11)16-13/h6-7,9H,5,8H2,1-4H3,(H,17,19)(H,18,21);2,4,10H,3,5-9H2,1H3. The van der Waals surface area contributed by atoms with Gasteiger partial charge in [-0.3, -0.25) is 19.7 Å². The van der Waals surface area contributed by atoms with Gasteiger partial charge in [-0.05, 0) is 71.7 Å². The Labute approximate surface area is 228 Å². The highest BCUT2D eigenvalue weighted by molar-refractivity contribution is 7.12. The predicted molar refractivity (Wildman–Crippen MR) is 153 cm³/mol. The van der Waals surface area contributed by atoms with Gasteiger partial charge in [-0.25, -0.2) is 4.98 Å². The Bertz CT molecular complexity index is 1290. The lowest BCUT2D eigenvalue weighted by atomic mass is 9.98. The van der Waals surface area contributed by atoms with E-state index in [1.54, 1.807) is 6.20 Å². The predicted octanol–water partition coefficient (Wildman–Crippen LogP) is 4.62. The van der Waals surface area contributed by atoms with E-state index in [1.165, 1.54) is 65.4 Å². The van der Waals surface area contributed by atoms with Crippen molar-refractivity contribution in [2.75, 3.05) is 38.5 Å². The Kier molecular flexibility index (Phi) is 9.27. The second kappa shape index (κ2) is 12.6. The zero-order valence-corrected chi connectivity index (χ0v) is 23.9. The molecule has 1 fully saturated rings. The fourth-order valence-electron chi connectivity index (χ4n) is 4.80. The van der Waals surface area contributed by atoms with Gasteiger partial charge < -0.3 is 15.1 Å². The Balaban J connectivity index is 0.000000185. The summed E-state index contributed by atoms with van der Waals surface area (Å²) in [5, 5.41) is 11.6. The fraction of sp³-hybridized carbons (Fsp3) is 0.536. The molecule has 0 saturated carbocycles. The van der Waals surface area contributed by atoms with Gasteiger partial charge in [0.15, 0.2) is 0 Å². The summed E-state index contributed by atoms with van der Waals surface area (Å²) < 4.78 is 0. The third-order valence-electron chi connectivity index (χ3n) is 7.01.